The van der Waals surface area contributed by atoms with Crippen LogP contribution in [-0.2, 0) is 0 Å². The third kappa shape index (κ3) is 4.04. The minimum atomic E-state index is 1.23. The summed E-state index contributed by atoms with van der Waals surface area (Å²) in [5, 5.41) is 21.0. The topological polar surface area (TPSA) is 0 Å². The maximum atomic E-state index is 2.36. The molecular formula is C52H30. The molecule has 0 aliphatic rings. The maximum Gasteiger partial charge on any atom is -0.00264 e. The highest BCUT2D eigenvalue weighted by molar-refractivity contribution is 6.25. The normalized spacial score (nSPS) is 12.2. The first-order valence-electron chi connectivity index (χ1n) is 18.1. The Morgan fingerprint density at radius 2 is 0.442 bits per heavy atom. The summed E-state index contributed by atoms with van der Waals surface area (Å²) in [6.07, 6.45) is 0. The van der Waals surface area contributed by atoms with Gasteiger partial charge in [-0.05, 0) is 156 Å². The molecule has 0 saturated carbocycles. The summed E-state index contributed by atoms with van der Waals surface area (Å²) in [7, 11) is 0. The molecule has 0 atom stereocenters. The van der Waals surface area contributed by atoms with Crippen LogP contribution in [0.2, 0.25) is 0 Å². The van der Waals surface area contributed by atoms with E-state index in [4.69, 9.17) is 0 Å². The number of hydrogen-bond acceptors (Lipinski definition) is 0. The Balaban J connectivity index is 0.887. The van der Waals surface area contributed by atoms with Crippen LogP contribution in [0, 0.1) is 0 Å². The Bertz CT molecular complexity index is 3260. The zero-order valence-electron chi connectivity index (χ0n) is 28.3. The van der Waals surface area contributed by atoms with Crippen molar-refractivity contribution in [3.63, 3.8) is 0 Å². The zero-order valence-corrected chi connectivity index (χ0v) is 28.3. The second kappa shape index (κ2) is 10.4. The summed E-state index contributed by atoms with van der Waals surface area (Å²) >= 11 is 0. The van der Waals surface area contributed by atoms with E-state index in [1.807, 2.05) is 0 Å². The van der Waals surface area contributed by atoms with Crippen molar-refractivity contribution in [1.82, 2.24) is 0 Å². The minimum absolute atomic E-state index is 1.23. The van der Waals surface area contributed by atoms with Crippen LogP contribution in [0.15, 0.2) is 182 Å². The average Bonchev–Trinajstić information content (AvgIpc) is 3.21. The number of benzene rings is 12. The Labute approximate surface area is 300 Å². The van der Waals surface area contributed by atoms with Gasteiger partial charge < -0.3 is 0 Å². The standard InChI is InChI=1S/C52H30/c1-3-33-11-17-41-27-45(28-42-18-12-34(4-1)49(33)51(41)42)32-9-7-31(8-10-32)37-21-23-47-39(25-37)15-16-40-26-38(22-24-48(40)47)46-29-43-19-13-35-5-2-6-36-14-20-44(30-46)52(43)50(35)36/h1-30H. The first-order valence-corrected chi connectivity index (χ1v) is 18.1. The largest absolute Gasteiger partial charge is 0.0610 e. The predicted molar refractivity (Wildman–Crippen MR) is 225 cm³/mol. The molecule has 0 aliphatic heterocycles. The zero-order chi connectivity index (χ0) is 33.9. The molecule has 0 nitrogen and oxygen atoms in total. The van der Waals surface area contributed by atoms with Crippen LogP contribution >= 0.6 is 0 Å². The van der Waals surface area contributed by atoms with Crippen LogP contribution < -0.4 is 0 Å². The van der Waals surface area contributed by atoms with Crippen molar-refractivity contribution in [2.75, 3.05) is 0 Å². The molecule has 12 rings (SSSR count). The Morgan fingerprint density at radius 3 is 0.865 bits per heavy atom. The third-order valence-corrected chi connectivity index (χ3v) is 11.6. The van der Waals surface area contributed by atoms with E-state index in [0.29, 0.717) is 0 Å². The molecule has 0 heterocycles. The second-order valence-corrected chi connectivity index (χ2v) is 14.5. The Kier molecular flexibility index (Phi) is 5.59. The van der Waals surface area contributed by atoms with E-state index < -0.39 is 0 Å². The lowest BCUT2D eigenvalue weighted by molar-refractivity contribution is 1.62. The summed E-state index contributed by atoms with van der Waals surface area (Å²) < 4.78 is 0. The van der Waals surface area contributed by atoms with E-state index in [1.54, 1.807) is 0 Å². The lowest BCUT2D eigenvalue weighted by atomic mass is 9.90. The molecule has 0 spiro atoms. The quantitative estimate of drug-likeness (QED) is 0.166. The SMILES string of the molecule is c1cc2ccc3cc(-c4ccc(-c5ccc6c(ccc7cc(-c8cc9ccc%10cccc%11ccc(c8)c9c%10%11)ccc76)c5)cc4)cc4ccc(c1)c2c34. The van der Waals surface area contributed by atoms with Crippen molar-refractivity contribution in [2.24, 2.45) is 0 Å². The molecule has 0 fully saturated rings. The van der Waals surface area contributed by atoms with Gasteiger partial charge in [-0.15, -0.1) is 0 Å². The van der Waals surface area contributed by atoms with E-state index in [-0.39, 0.29) is 0 Å². The molecular weight excluding hydrogens is 625 g/mol. The fourth-order valence-corrected chi connectivity index (χ4v) is 9.13. The molecule has 12 aromatic carbocycles. The van der Waals surface area contributed by atoms with E-state index >= 15 is 0 Å². The molecule has 0 amide bonds. The van der Waals surface area contributed by atoms with Crippen LogP contribution in [0.5, 0.6) is 0 Å². The minimum Gasteiger partial charge on any atom is -0.0610 e. The molecule has 0 radical (unpaired) electrons. The van der Waals surface area contributed by atoms with Crippen LogP contribution in [-0.4, -0.2) is 0 Å². The van der Waals surface area contributed by atoms with Crippen molar-refractivity contribution in [3.05, 3.63) is 182 Å². The van der Waals surface area contributed by atoms with Gasteiger partial charge in [0.25, 0.3) is 0 Å². The van der Waals surface area contributed by atoms with Crippen molar-refractivity contribution < 1.29 is 0 Å². The van der Waals surface area contributed by atoms with E-state index in [0.717, 1.165) is 0 Å². The summed E-state index contributed by atoms with van der Waals surface area (Å²) in [5.41, 5.74) is 7.46. The van der Waals surface area contributed by atoms with Gasteiger partial charge in [0.1, 0.15) is 0 Å². The monoisotopic (exact) mass is 654 g/mol. The first kappa shape index (κ1) is 28.0. The number of fused-ring (bicyclic) bond motifs is 3. The van der Waals surface area contributed by atoms with Gasteiger partial charge in [-0.3, -0.25) is 0 Å². The Morgan fingerprint density at radius 1 is 0.173 bits per heavy atom. The second-order valence-electron chi connectivity index (χ2n) is 14.5. The smallest absolute Gasteiger partial charge is 0.00264 e. The van der Waals surface area contributed by atoms with Crippen molar-refractivity contribution in [1.29, 1.82) is 0 Å². The summed E-state index contributed by atoms with van der Waals surface area (Å²) in [6, 6.07) is 68.2. The molecule has 0 bridgehead atoms. The maximum absolute atomic E-state index is 2.36. The van der Waals surface area contributed by atoms with Gasteiger partial charge in [-0.2, -0.15) is 0 Å². The van der Waals surface area contributed by atoms with Gasteiger partial charge in [0.15, 0.2) is 0 Å². The number of hydrogen-bond donors (Lipinski definition) is 0. The van der Waals surface area contributed by atoms with Crippen molar-refractivity contribution in [3.8, 4) is 33.4 Å². The molecule has 12 aromatic rings. The lowest BCUT2D eigenvalue weighted by Gasteiger charge is -2.14. The van der Waals surface area contributed by atoms with E-state index in [9.17, 15) is 0 Å². The van der Waals surface area contributed by atoms with Crippen LogP contribution in [0.1, 0.15) is 0 Å². The Hall–Kier alpha value is -6.76. The molecule has 238 valence electrons. The van der Waals surface area contributed by atoms with Crippen LogP contribution in [0.25, 0.3) is 120 Å². The highest BCUT2D eigenvalue weighted by Gasteiger charge is 2.13. The van der Waals surface area contributed by atoms with Gasteiger partial charge in [0, 0.05) is 0 Å². The van der Waals surface area contributed by atoms with E-state index in [1.165, 1.54) is 120 Å². The van der Waals surface area contributed by atoms with Gasteiger partial charge >= 0.3 is 0 Å². The molecule has 0 aliphatic carbocycles. The third-order valence-electron chi connectivity index (χ3n) is 11.6. The predicted octanol–water partition coefficient (Wildman–Crippen LogP) is 14.8. The molecule has 0 saturated heterocycles. The summed E-state index contributed by atoms with van der Waals surface area (Å²) in [5.74, 6) is 0. The van der Waals surface area contributed by atoms with Crippen molar-refractivity contribution >= 4 is 86.2 Å². The molecule has 52 heavy (non-hydrogen) atoms. The lowest BCUT2D eigenvalue weighted by Crippen LogP contribution is -1.87. The number of rotatable bonds is 3. The van der Waals surface area contributed by atoms with Gasteiger partial charge in [-0.1, -0.05) is 146 Å². The van der Waals surface area contributed by atoms with Crippen LogP contribution in [0.3, 0.4) is 0 Å². The highest BCUT2D eigenvalue weighted by Crippen LogP contribution is 2.40. The molecule has 0 unspecified atom stereocenters. The summed E-state index contributed by atoms with van der Waals surface area (Å²) in [6.45, 7) is 0. The van der Waals surface area contributed by atoms with Gasteiger partial charge in [0.05, 0.1) is 0 Å². The van der Waals surface area contributed by atoms with Crippen molar-refractivity contribution in [2.45, 2.75) is 0 Å². The molecule has 0 aromatic heterocycles. The molecule has 0 heteroatoms. The highest BCUT2D eigenvalue weighted by atomic mass is 14.2. The fraction of sp³-hybridized carbons (Fsp3) is 0. The summed E-state index contributed by atoms with van der Waals surface area (Å²) in [4.78, 5) is 0. The molecule has 0 N–H and O–H groups in total. The van der Waals surface area contributed by atoms with Gasteiger partial charge in [-0.25, -0.2) is 0 Å². The van der Waals surface area contributed by atoms with E-state index in [2.05, 4.69) is 182 Å². The first-order chi connectivity index (χ1) is 25.7. The average molecular weight is 655 g/mol. The van der Waals surface area contributed by atoms with Gasteiger partial charge in [0.2, 0.25) is 0 Å². The fourth-order valence-electron chi connectivity index (χ4n) is 9.13. The van der Waals surface area contributed by atoms with Crippen LogP contribution in [0.4, 0.5) is 0 Å².